The van der Waals surface area contributed by atoms with Gasteiger partial charge in [-0.2, -0.15) is 0 Å². The Bertz CT molecular complexity index is 1300. The number of pyridine rings is 1. The van der Waals surface area contributed by atoms with Crippen LogP contribution in [0.1, 0.15) is 36.0 Å². The number of carbonyl (C=O) groups is 2. The van der Waals surface area contributed by atoms with Crippen molar-refractivity contribution in [2.24, 2.45) is 5.73 Å². The number of imidazole rings is 1. The number of nitrogens with zero attached hydrogens (tertiary/aromatic N) is 2. The predicted molar refractivity (Wildman–Crippen MR) is 135 cm³/mol. The van der Waals surface area contributed by atoms with Gasteiger partial charge in [0.2, 0.25) is 0 Å². The summed E-state index contributed by atoms with van der Waals surface area (Å²) in [5.74, 6) is -0.196. The number of hydrogen-bond acceptors (Lipinski definition) is 6. The second kappa shape index (κ2) is 11.5. The maximum absolute atomic E-state index is 12.0. The van der Waals surface area contributed by atoms with E-state index >= 15 is 0 Å². The fraction of sp³-hybridized carbons (Fsp3) is 0.208. The van der Waals surface area contributed by atoms with Crippen molar-refractivity contribution in [1.82, 2.24) is 9.38 Å². The number of nitrogens with two attached hydrogens (primary N) is 1. The summed E-state index contributed by atoms with van der Waals surface area (Å²) < 4.78 is 12.6. The number of ether oxygens (including phenoxy) is 2. The Morgan fingerprint density at radius 3 is 2.68 bits per heavy atom. The summed E-state index contributed by atoms with van der Waals surface area (Å²) >= 11 is 7.41. The van der Waals surface area contributed by atoms with Crippen molar-refractivity contribution in [3.8, 4) is 16.3 Å². The lowest BCUT2D eigenvalue weighted by molar-refractivity contribution is 0.1000. The first kappa shape index (κ1) is 25.1. The molecule has 1 aromatic carbocycles. The van der Waals surface area contributed by atoms with Crippen LogP contribution in [0.5, 0.6) is 5.75 Å². The average Bonchev–Trinajstić information content (AvgIpc) is 3.44. The van der Waals surface area contributed by atoms with E-state index in [0.717, 1.165) is 16.1 Å². The monoisotopic (exact) mass is 500 g/mol. The molecule has 0 aliphatic heterocycles. The number of primary amides is 1. The molecule has 0 fully saturated rings. The zero-order valence-electron chi connectivity index (χ0n) is 19.0. The molecule has 3 aromatic heterocycles. The van der Waals surface area contributed by atoms with Crippen LogP contribution in [0.4, 0.5) is 10.5 Å². The molecule has 3 heterocycles. The number of halogens is 1. The van der Waals surface area contributed by atoms with Gasteiger partial charge in [-0.3, -0.25) is 14.5 Å². The third kappa shape index (κ3) is 5.67. The molecule has 0 saturated carbocycles. The smallest absolute Gasteiger partial charge is 0.411 e. The summed E-state index contributed by atoms with van der Waals surface area (Å²) in [5.41, 5.74) is 8.30. The van der Waals surface area contributed by atoms with Gasteiger partial charge >= 0.3 is 6.09 Å². The number of benzene rings is 1. The minimum absolute atomic E-state index is 0.201. The molecule has 34 heavy (non-hydrogen) atoms. The van der Waals surface area contributed by atoms with E-state index in [4.69, 9.17) is 26.8 Å². The highest BCUT2D eigenvalue weighted by atomic mass is 35.5. The lowest BCUT2D eigenvalue weighted by atomic mass is 10.2. The van der Waals surface area contributed by atoms with Crippen LogP contribution in [0.15, 0.2) is 54.9 Å². The number of rotatable bonds is 7. The van der Waals surface area contributed by atoms with Gasteiger partial charge in [-0.15, -0.1) is 11.3 Å². The van der Waals surface area contributed by atoms with Gasteiger partial charge in [0.25, 0.3) is 5.91 Å². The lowest BCUT2D eigenvalue weighted by Crippen LogP contribution is -2.13. The SMILES string of the molecule is CC.CCOC(=O)Nc1ccn2c(-c3cc(OCc4ccccc4Cl)c(C(N)=O)s3)cnc2c1. The first-order valence-electron chi connectivity index (χ1n) is 10.7. The van der Waals surface area contributed by atoms with Crippen molar-refractivity contribution in [3.63, 3.8) is 0 Å². The van der Waals surface area contributed by atoms with Crippen molar-refractivity contribution < 1.29 is 19.1 Å². The summed E-state index contributed by atoms with van der Waals surface area (Å²) in [5, 5.41) is 3.23. The van der Waals surface area contributed by atoms with Crippen LogP contribution >= 0.6 is 22.9 Å². The van der Waals surface area contributed by atoms with E-state index < -0.39 is 12.0 Å². The maximum atomic E-state index is 12.0. The van der Waals surface area contributed by atoms with Gasteiger partial charge in [0.15, 0.2) is 0 Å². The van der Waals surface area contributed by atoms with Crippen LogP contribution in [0.3, 0.4) is 0 Å². The number of nitrogens with one attached hydrogen (secondary N) is 1. The first-order chi connectivity index (χ1) is 16.5. The van der Waals surface area contributed by atoms with Gasteiger partial charge in [-0.25, -0.2) is 9.78 Å². The van der Waals surface area contributed by atoms with Crippen LogP contribution in [0.2, 0.25) is 5.02 Å². The summed E-state index contributed by atoms with van der Waals surface area (Å²) in [6.45, 7) is 6.21. The molecule has 4 rings (SSSR count). The van der Waals surface area contributed by atoms with Crippen molar-refractivity contribution in [3.05, 3.63) is 70.3 Å². The summed E-state index contributed by atoms with van der Waals surface area (Å²) in [4.78, 5) is 29.1. The second-order valence-corrected chi connectivity index (χ2v) is 8.14. The third-order valence-corrected chi connectivity index (χ3v) is 6.07. The number of thiophene rings is 1. The molecule has 8 nitrogen and oxygen atoms in total. The Labute approximate surface area is 206 Å². The standard InChI is InChI=1S/C22H19ClN4O4S.C2H6/c1-2-30-22(29)26-14-7-8-27-16(11-25-19(27)9-14)18-10-17(20(32-18)21(24)28)31-12-13-5-3-4-6-15(13)23;1-2/h3-11H,2,12H2,1H3,(H2,24,28)(H,26,29);1-2H3. The fourth-order valence-electron chi connectivity index (χ4n) is 3.08. The Balaban J connectivity index is 0.00000158. The zero-order chi connectivity index (χ0) is 24.7. The molecular weight excluding hydrogens is 476 g/mol. The van der Waals surface area contributed by atoms with Gasteiger partial charge in [0, 0.05) is 34.6 Å². The van der Waals surface area contributed by atoms with Crippen LogP contribution in [-0.4, -0.2) is 28.0 Å². The molecule has 2 amide bonds. The van der Waals surface area contributed by atoms with Crippen LogP contribution in [0.25, 0.3) is 16.2 Å². The molecule has 4 aromatic rings. The predicted octanol–water partition coefficient (Wildman–Crippen LogP) is 5.99. The van der Waals surface area contributed by atoms with Gasteiger partial charge < -0.3 is 15.2 Å². The van der Waals surface area contributed by atoms with Gasteiger partial charge in [0.05, 0.1) is 23.4 Å². The van der Waals surface area contributed by atoms with Gasteiger partial charge in [0.1, 0.15) is 22.9 Å². The summed E-state index contributed by atoms with van der Waals surface area (Å²) in [6.07, 6.45) is 2.92. The van der Waals surface area contributed by atoms with E-state index in [9.17, 15) is 9.59 Å². The van der Waals surface area contributed by atoms with E-state index in [0.29, 0.717) is 27.0 Å². The molecule has 0 atom stereocenters. The molecular formula is C24H25ClN4O4S. The molecule has 0 radical (unpaired) electrons. The largest absolute Gasteiger partial charge is 0.487 e. The summed E-state index contributed by atoms with van der Waals surface area (Å²) in [7, 11) is 0. The zero-order valence-corrected chi connectivity index (χ0v) is 20.6. The lowest BCUT2D eigenvalue weighted by Gasteiger charge is -2.07. The van der Waals surface area contributed by atoms with Crippen LogP contribution in [0, 0.1) is 0 Å². The van der Waals surface area contributed by atoms with Gasteiger partial charge in [-0.1, -0.05) is 43.6 Å². The Morgan fingerprint density at radius 2 is 1.97 bits per heavy atom. The van der Waals surface area contributed by atoms with Crippen LogP contribution < -0.4 is 15.8 Å². The molecule has 0 unspecified atom stereocenters. The fourth-order valence-corrected chi connectivity index (χ4v) is 4.23. The molecule has 178 valence electrons. The minimum atomic E-state index is -0.579. The number of aromatic nitrogens is 2. The van der Waals surface area contributed by atoms with Crippen molar-refractivity contribution >= 4 is 46.3 Å². The van der Waals surface area contributed by atoms with E-state index in [2.05, 4.69) is 10.3 Å². The Morgan fingerprint density at radius 1 is 1.21 bits per heavy atom. The van der Waals surface area contributed by atoms with E-state index in [1.807, 2.05) is 36.4 Å². The van der Waals surface area contributed by atoms with Gasteiger partial charge in [-0.05, 0) is 19.1 Å². The molecule has 0 bridgehead atoms. The van der Waals surface area contributed by atoms with Crippen LogP contribution in [-0.2, 0) is 11.3 Å². The Hall–Kier alpha value is -3.56. The van der Waals surface area contributed by atoms with Crippen molar-refractivity contribution in [2.45, 2.75) is 27.4 Å². The number of anilines is 1. The molecule has 3 N–H and O–H groups in total. The summed E-state index contributed by atoms with van der Waals surface area (Å²) in [6, 6.07) is 12.5. The van der Waals surface area contributed by atoms with Crippen molar-refractivity contribution in [1.29, 1.82) is 0 Å². The molecule has 0 saturated heterocycles. The average molecular weight is 501 g/mol. The number of carbonyl (C=O) groups excluding carboxylic acids is 2. The molecule has 0 aliphatic rings. The van der Waals surface area contributed by atoms with E-state index in [1.165, 1.54) is 11.3 Å². The molecule has 0 spiro atoms. The molecule has 0 aliphatic carbocycles. The highest BCUT2D eigenvalue weighted by Gasteiger charge is 2.19. The Kier molecular flexibility index (Phi) is 8.50. The normalized spacial score (nSPS) is 10.4. The maximum Gasteiger partial charge on any atom is 0.411 e. The highest BCUT2D eigenvalue weighted by molar-refractivity contribution is 7.17. The highest BCUT2D eigenvalue weighted by Crippen LogP contribution is 2.37. The van der Waals surface area contributed by atoms with Crippen molar-refractivity contribution in [2.75, 3.05) is 11.9 Å². The topological polar surface area (TPSA) is 108 Å². The number of amides is 2. The number of hydrogen-bond donors (Lipinski definition) is 2. The minimum Gasteiger partial charge on any atom is -0.487 e. The van der Waals surface area contributed by atoms with E-state index in [-0.39, 0.29) is 13.2 Å². The molecule has 10 heteroatoms. The second-order valence-electron chi connectivity index (χ2n) is 6.68. The third-order valence-electron chi connectivity index (χ3n) is 4.55. The van der Waals surface area contributed by atoms with E-state index in [1.54, 1.807) is 43.6 Å². The first-order valence-corrected chi connectivity index (χ1v) is 11.9. The quantitative estimate of drug-likeness (QED) is 0.324. The number of fused-ring (bicyclic) bond motifs is 1.